The number of anilines is 2. The van der Waals surface area contributed by atoms with Gasteiger partial charge < -0.3 is 19.9 Å². The Balaban J connectivity index is 1.81. The van der Waals surface area contributed by atoms with Crippen molar-refractivity contribution in [2.45, 2.75) is 40.5 Å². The zero-order valence-electron chi connectivity index (χ0n) is 19.7. The number of nitrogens with one attached hydrogen (secondary N) is 3. The van der Waals surface area contributed by atoms with E-state index in [1.165, 1.54) is 16.6 Å². The summed E-state index contributed by atoms with van der Waals surface area (Å²) in [6, 6.07) is 6.43. The van der Waals surface area contributed by atoms with Crippen molar-refractivity contribution in [1.29, 1.82) is 0 Å². The van der Waals surface area contributed by atoms with Crippen LogP contribution in [0.5, 0.6) is 6.01 Å². The van der Waals surface area contributed by atoms with Crippen LogP contribution in [-0.4, -0.2) is 59.4 Å². The molecule has 0 aliphatic carbocycles. The monoisotopic (exact) mass is 438 g/mol. The van der Waals surface area contributed by atoms with E-state index in [1.54, 1.807) is 6.21 Å². The van der Waals surface area contributed by atoms with Crippen LogP contribution in [0.4, 0.5) is 11.6 Å². The second-order valence-corrected chi connectivity index (χ2v) is 7.72. The second kappa shape index (κ2) is 11.4. The number of ether oxygens (including phenoxy) is 1. The molecule has 0 aliphatic rings. The van der Waals surface area contributed by atoms with Crippen molar-refractivity contribution < 1.29 is 4.74 Å². The minimum Gasteiger partial charge on any atom is -0.462 e. The molecule has 0 bridgehead atoms. The van der Waals surface area contributed by atoms with Gasteiger partial charge in [0.1, 0.15) is 6.61 Å². The van der Waals surface area contributed by atoms with Crippen LogP contribution in [0, 0.1) is 13.8 Å². The largest absolute Gasteiger partial charge is 0.462 e. The van der Waals surface area contributed by atoms with Crippen LogP contribution in [0.1, 0.15) is 43.8 Å². The lowest BCUT2D eigenvalue weighted by Gasteiger charge is -2.21. The molecule has 3 rings (SSSR count). The van der Waals surface area contributed by atoms with Gasteiger partial charge in [-0.05, 0) is 57.5 Å². The van der Waals surface area contributed by atoms with Crippen molar-refractivity contribution in [3.8, 4) is 6.01 Å². The Hall–Kier alpha value is -3.20. The van der Waals surface area contributed by atoms with Gasteiger partial charge in [0.05, 0.1) is 11.9 Å². The maximum atomic E-state index is 5.73. The number of aromatic amines is 1. The third kappa shape index (κ3) is 5.94. The van der Waals surface area contributed by atoms with Gasteiger partial charge in [0, 0.05) is 36.2 Å². The van der Waals surface area contributed by atoms with Gasteiger partial charge in [0.15, 0.2) is 5.82 Å². The van der Waals surface area contributed by atoms with Crippen LogP contribution in [0.3, 0.4) is 0 Å². The summed E-state index contributed by atoms with van der Waals surface area (Å²) in [5.74, 6) is 1.07. The molecular formula is C23H34N8O. The minimum atomic E-state index is 0.309. The number of hydrazone groups is 1. The second-order valence-electron chi connectivity index (χ2n) is 7.72. The number of benzene rings is 1. The fourth-order valence-corrected chi connectivity index (χ4v) is 3.42. The van der Waals surface area contributed by atoms with Crippen molar-refractivity contribution in [2.75, 3.05) is 43.6 Å². The molecule has 0 aliphatic heterocycles. The average Bonchev–Trinajstić information content (AvgIpc) is 3.07. The Kier molecular flexibility index (Phi) is 8.38. The molecule has 0 fully saturated rings. The lowest BCUT2D eigenvalue weighted by Crippen LogP contribution is -2.28. The first kappa shape index (κ1) is 23.5. The van der Waals surface area contributed by atoms with E-state index >= 15 is 0 Å². The first-order valence-electron chi connectivity index (χ1n) is 11.2. The summed E-state index contributed by atoms with van der Waals surface area (Å²) in [7, 11) is 1.88. The highest BCUT2D eigenvalue weighted by molar-refractivity contribution is 5.87. The molecule has 0 saturated carbocycles. The predicted molar refractivity (Wildman–Crippen MR) is 131 cm³/mol. The molecular weight excluding hydrogens is 404 g/mol. The third-order valence-electron chi connectivity index (χ3n) is 5.16. The maximum Gasteiger partial charge on any atom is 0.321 e. The highest BCUT2D eigenvalue weighted by Crippen LogP contribution is 2.24. The predicted octanol–water partition coefficient (Wildman–Crippen LogP) is 3.64. The zero-order chi connectivity index (χ0) is 22.9. The Bertz CT molecular complexity index is 1040. The molecule has 0 saturated heterocycles. The van der Waals surface area contributed by atoms with E-state index in [1.807, 2.05) is 13.1 Å². The summed E-state index contributed by atoms with van der Waals surface area (Å²) >= 11 is 0. The maximum absolute atomic E-state index is 5.73. The van der Waals surface area contributed by atoms with E-state index in [9.17, 15) is 0 Å². The van der Waals surface area contributed by atoms with E-state index in [0.717, 1.165) is 37.1 Å². The average molecular weight is 439 g/mol. The van der Waals surface area contributed by atoms with E-state index in [4.69, 9.17) is 4.74 Å². The molecule has 0 amide bonds. The van der Waals surface area contributed by atoms with E-state index in [-0.39, 0.29) is 0 Å². The highest BCUT2D eigenvalue weighted by atomic mass is 16.5. The molecule has 0 radical (unpaired) electrons. The van der Waals surface area contributed by atoms with Crippen LogP contribution in [0.25, 0.3) is 10.9 Å². The molecule has 0 unspecified atom stereocenters. The van der Waals surface area contributed by atoms with Gasteiger partial charge in [-0.2, -0.15) is 20.1 Å². The van der Waals surface area contributed by atoms with E-state index < -0.39 is 0 Å². The molecule has 1 aromatic carbocycles. The van der Waals surface area contributed by atoms with Gasteiger partial charge in [0.25, 0.3) is 0 Å². The standard InChI is InChI=1S/C23H34N8O/c1-6-11-31(12-7-2)22-27-21(28-23(29-22)32-13-10-24-5)15-25-30-18-8-9-20-19(14-18)16(3)17(4)26-20/h8-9,14-15,24,26,30H,6-7,10-13H2,1-5H3/b25-15+. The van der Waals surface area contributed by atoms with Crippen LogP contribution in [-0.2, 0) is 0 Å². The molecule has 2 aromatic heterocycles. The number of fused-ring (bicyclic) bond motifs is 1. The highest BCUT2D eigenvalue weighted by Gasteiger charge is 2.13. The Morgan fingerprint density at radius 1 is 1.12 bits per heavy atom. The normalized spacial score (nSPS) is 11.4. The smallest absolute Gasteiger partial charge is 0.321 e. The van der Waals surface area contributed by atoms with Crippen LogP contribution in [0.2, 0.25) is 0 Å². The van der Waals surface area contributed by atoms with Gasteiger partial charge in [0.2, 0.25) is 5.95 Å². The van der Waals surface area contributed by atoms with E-state index in [0.29, 0.717) is 30.9 Å². The molecule has 0 atom stereocenters. The fraction of sp³-hybridized carbons (Fsp3) is 0.478. The molecule has 3 aromatic rings. The van der Waals surface area contributed by atoms with Crippen LogP contribution < -0.4 is 20.4 Å². The quantitative estimate of drug-likeness (QED) is 0.225. The van der Waals surface area contributed by atoms with Gasteiger partial charge >= 0.3 is 6.01 Å². The fourth-order valence-electron chi connectivity index (χ4n) is 3.42. The van der Waals surface area contributed by atoms with Crippen LogP contribution >= 0.6 is 0 Å². The van der Waals surface area contributed by atoms with Gasteiger partial charge in [-0.15, -0.1) is 0 Å². The number of hydrogen-bond acceptors (Lipinski definition) is 8. The van der Waals surface area contributed by atoms with Crippen molar-refractivity contribution >= 4 is 28.8 Å². The first-order chi connectivity index (χ1) is 15.5. The lowest BCUT2D eigenvalue weighted by atomic mass is 10.1. The van der Waals surface area contributed by atoms with Crippen LogP contribution in [0.15, 0.2) is 23.3 Å². The first-order valence-corrected chi connectivity index (χ1v) is 11.2. The summed E-state index contributed by atoms with van der Waals surface area (Å²) in [6.07, 6.45) is 3.62. The number of nitrogens with zero attached hydrogens (tertiary/aromatic N) is 5. The summed E-state index contributed by atoms with van der Waals surface area (Å²) in [4.78, 5) is 19.1. The van der Waals surface area contributed by atoms with E-state index in [2.05, 4.69) is 80.5 Å². The number of H-pyrrole nitrogens is 1. The SMILES string of the molecule is CCCN(CCC)c1nc(/C=N/Nc2ccc3[nH]c(C)c(C)c3c2)nc(OCCNC)n1. The van der Waals surface area contributed by atoms with Gasteiger partial charge in [-0.3, -0.25) is 5.43 Å². The molecule has 32 heavy (non-hydrogen) atoms. The number of aryl methyl sites for hydroxylation is 2. The summed E-state index contributed by atoms with van der Waals surface area (Å²) < 4.78 is 5.73. The number of hydrogen-bond donors (Lipinski definition) is 3. The number of rotatable bonds is 12. The minimum absolute atomic E-state index is 0.309. The lowest BCUT2D eigenvalue weighted by molar-refractivity contribution is 0.292. The van der Waals surface area contributed by atoms with Crippen molar-refractivity contribution in [3.05, 3.63) is 35.3 Å². The van der Waals surface area contributed by atoms with Crippen molar-refractivity contribution in [2.24, 2.45) is 5.10 Å². The summed E-state index contributed by atoms with van der Waals surface area (Å²) in [5.41, 5.74) is 7.51. The Morgan fingerprint density at radius 2 is 1.91 bits per heavy atom. The number of likely N-dealkylation sites (N-methyl/N-ethyl adjacent to an activating group) is 1. The Labute approximate surface area is 189 Å². The summed E-state index contributed by atoms with van der Waals surface area (Å²) in [6.45, 7) is 11.4. The summed E-state index contributed by atoms with van der Waals surface area (Å²) in [5, 5.41) is 8.60. The molecule has 9 nitrogen and oxygen atoms in total. The molecule has 2 heterocycles. The zero-order valence-corrected chi connectivity index (χ0v) is 19.7. The number of aromatic nitrogens is 4. The van der Waals surface area contributed by atoms with Crippen molar-refractivity contribution in [1.82, 2.24) is 25.3 Å². The molecule has 3 N–H and O–H groups in total. The van der Waals surface area contributed by atoms with Gasteiger partial charge in [-0.1, -0.05) is 13.8 Å². The molecule has 9 heteroatoms. The van der Waals surface area contributed by atoms with Crippen molar-refractivity contribution in [3.63, 3.8) is 0 Å². The third-order valence-corrected chi connectivity index (χ3v) is 5.16. The molecule has 0 spiro atoms. The Morgan fingerprint density at radius 3 is 2.62 bits per heavy atom. The topological polar surface area (TPSA) is 103 Å². The van der Waals surface area contributed by atoms with Gasteiger partial charge in [-0.25, -0.2) is 0 Å². The molecule has 172 valence electrons.